The number of carbonyl (C=O) groups excluding carboxylic acids is 2. The summed E-state index contributed by atoms with van der Waals surface area (Å²) in [5.41, 5.74) is 1.88. The van der Waals surface area contributed by atoms with Crippen LogP contribution in [0.15, 0.2) is 71.6 Å². The minimum Gasteiger partial charge on any atom is -0.493 e. The highest BCUT2D eigenvalue weighted by molar-refractivity contribution is 7.92. The van der Waals surface area contributed by atoms with Gasteiger partial charge in [-0.25, -0.2) is 12.8 Å². The Morgan fingerprint density at radius 2 is 1.59 bits per heavy atom. The molecule has 3 aromatic carbocycles. The lowest BCUT2D eigenvalue weighted by atomic mass is 10.1. The molecule has 0 radical (unpaired) electrons. The van der Waals surface area contributed by atoms with Gasteiger partial charge in [0.1, 0.15) is 18.4 Å². The Kier molecular flexibility index (Phi) is 10.7. The highest BCUT2D eigenvalue weighted by Gasteiger charge is 2.33. The molecule has 0 fully saturated rings. The molecule has 0 spiro atoms. The first-order chi connectivity index (χ1) is 19.5. The van der Waals surface area contributed by atoms with Crippen molar-refractivity contribution in [2.45, 2.75) is 44.7 Å². The summed E-state index contributed by atoms with van der Waals surface area (Å²) in [6.45, 7) is 5.33. The van der Waals surface area contributed by atoms with Gasteiger partial charge in [0.05, 0.1) is 24.8 Å². The van der Waals surface area contributed by atoms with E-state index in [4.69, 9.17) is 9.47 Å². The van der Waals surface area contributed by atoms with Crippen LogP contribution in [0.3, 0.4) is 0 Å². The lowest BCUT2D eigenvalue weighted by Crippen LogP contribution is -2.51. The number of sulfonamides is 1. The molecule has 0 aromatic heterocycles. The second-order valence-corrected chi connectivity index (χ2v) is 11.3. The van der Waals surface area contributed by atoms with Crippen LogP contribution in [-0.2, 0) is 26.2 Å². The molecule has 41 heavy (non-hydrogen) atoms. The van der Waals surface area contributed by atoms with E-state index in [1.54, 1.807) is 6.92 Å². The highest BCUT2D eigenvalue weighted by Crippen LogP contribution is 2.32. The number of nitrogens with one attached hydrogen (secondary N) is 1. The van der Waals surface area contributed by atoms with Gasteiger partial charge in [0, 0.05) is 19.2 Å². The smallest absolute Gasteiger partial charge is 0.264 e. The van der Waals surface area contributed by atoms with Crippen LogP contribution >= 0.6 is 0 Å². The molecule has 0 aliphatic heterocycles. The van der Waals surface area contributed by atoms with Crippen molar-refractivity contribution < 1.29 is 31.9 Å². The number of methoxy groups -OCH3 is 2. The van der Waals surface area contributed by atoms with Crippen molar-refractivity contribution >= 4 is 27.5 Å². The average molecular weight is 586 g/mol. The van der Waals surface area contributed by atoms with Gasteiger partial charge in [-0.2, -0.15) is 0 Å². The van der Waals surface area contributed by atoms with Gasteiger partial charge in [0.25, 0.3) is 10.0 Å². The molecule has 0 saturated carbocycles. The second-order valence-electron chi connectivity index (χ2n) is 9.48. The molecule has 3 aromatic rings. The van der Waals surface area contributed by atoms with E-state index in [9.17, 15) is 22.4 Å². The SMILES string of the molecule is CCCNC(=O)[C@H](C)N(Cc1ccc(C)cc1)C(=O)CN(c1ccc(F)cc1)S(=O)(=O)c1ccc(OC)c(OC)c1. The standard InChI is InChI=1S/C30H36FN3O6S/c1-6-17-32-30(36)22(3)33(19-23-9-7-21(2)8-10-23)29(35)20-34(25-13-11-24(31)12-14-25)41(37,38)26-15-16-27(39-4)28(18-26)40-5/h7-16,18,22H,6,17,19-20H2,1-5H3,(H,32,36)/t22-/m0/s1. The predicted molar refractivity (Wildman–Crippen MR) is 155 cm³/mol. The Morgan fingerprint density at radius 3 is 2.17 bits per heavy atom. The topological polar surface area (TPSA) is 105 Å². The average Bonchev–Trinajstić information content (AvgIpc) is 2.97. The molecule has 1 N–H and O–H groups in total. The van der Waals surface area contributed by atoms with Crippen molar-refractivity contribution in [3.05, 3.63) is 83.7 Å². The first-order valence-corrected chi connectivity index (χ1v) is 14.6. The number of nitrogens with zero attached hydrogens (tertiary/aromatic N) is 2. The number of halogens is 1. The lowest BCUT2D eigenvalue weighted by Gasteiger charge is -2.32. The summed E-state index contributed by atoms with van der Waals surface area (Å²) in [5, 5.41) is 2.80. The van der Waals surface area contributed by atoms with E-state index in [0.29, 0.717) is 18.7 Å². The van der Waals surface area contributed by atoms with Gasteiger partial charge < -0.3 is 19.7 Å². The molecular weight excluding hydrogens is 549 g/mol. The summed E-state index contributed by atoms with van der Waals surface area (Å²) in [4.78, 5) is 28.0. The first kappa shape index (κ1) is 31.4. The van der Waals surface area contributed by atoms with Gasteiger partial charge >= 0.3 is 0 Å². The fourth-order valence-corrected chi connectivity index (χ4v) is 5.54. The van der Waals surface area contributed by atoms with E-state index in [0.717, 1.165) is 27.6 Å². The zero-order valence-electron chi connectivity index (χ0n) is 23.9. The summed E-state index contributed by atoms with van der Waals surface area (Å²) in [7, 11) is -1.56. The quantitative estimate of drug-likeness (QED) is 0.321. The fourth-order valence-electron chi connectivity index (χ4n) is 4.11. The normalized spacial score (nSPS) is 11.9. The van der Waals surface area contributed by atoms with Crippen LogP contribution in [0.4, 0.5) is 10.1 Å². The zero-order valence-corrected chi connectivity index (χ0v) is 24.7. The van der Waals surface area contributed by atoms with Crippen LogP contribution in [0.25, 0.3) is 0 Å². The van der Waals surface area contributed by atoms with Crippen LogP contribution in [-0.4, -0.2) is 58.5 Å². The Morgan fingerprint density at radius 1 is 0.951 bits per heavy atom. The van der Waals surface area contributed by atoms with Crippen LogP contribution in [0.5, 0.6) is 11.5 Å². The monoisotopic (exact) mass is 585 g/mol. The maximum atomic E-state index is 14.0. The van der Waals surface area contributed by atoms with Gasteiger partial charge in [-0.1, -0.05) is 36.8 Å². The molecule has 0 aliphatic carbocycles. The minimum absolute atomic E-state index is 0.0768. The number of hydrogen-bond acceptors (Lipinski definition) is 6. The summed E-state index contributed by atoms with van der Waals surface area (Å²) in [6, 6.07) is 15.5. The Labute approximate surface area is 240 Å². The maximum absolute atomic E-state index is 14.0. The third kappa shape index (κ3) is 7.75. The molecule has 11 heteroatoms. The molecule has 2 amide bonds. The van der Waals surface area contributed by atoms with E-state index in [-0.39, 0.29) is 28.8 Å². The summed E-state index contributed by atoms with van der Waals surface area (Å²) < 4.78 is 53.1. The summed E-state index contributed by atoms with van der Waals surface area (Å²) in [6.07, 6.45) is 0.715. The molecule has 0 heterocycles. The van der Waals surface area contributed by atoms with Crippen LogP contribution in [0, 0.1) is 12.7 Å². The first-order valence-electron chi connectivity index (χ1n) is 13.1. The maximum Gasteiger partial charge on any atom is 0.264 e. The lowest BCUT2D eigenvalue weighted by molar-refractivity contribution is -0.139. The van der Waals surface area contributed by atoms with E-state index < -0.39 is 34.3 Å². The molecule has 1 atom stereocenters. The molecule has 9 nitrogen and oxygen atoms in total. The van der Waals surface area contributed by atoms with Gasteiger partial charge in [-0.3, -0.25) is 13.9 Å². The van der Waals surface area contributed by atoms with Crippen molar-refractivity contribution in [1.29, 1.82) is 0 Å². The van der Waals surface area contributed by atoms with Gasteiger partial charge in [0.15, 0.2) is 11.5 Å². The Hall–Kier alpha value is -4.12. The molecule has 220 valence electrons. The molecular formula is C30H36FN3O6S. The summed E-state index contributed by atoms with van der Waals surface area (Å²) >= 11 is 0. The van der Waals surface area contributed by atoms with E-state index in [1.807, 2.05) is 38.1 Å². The van der Waals surface area contributed by atoms with Gasteiger partial charge in [0.2, 0.25) is 11.8 Å². The van der Waals surface area contributed by atoms with Gasteiger partial charge in [-0.15, -0.1) is 0 Å². The largest absolute Gasteiger partial charge is 0.493 e. The molecule has 3 rings (SSSR count). The third-order valence-corrected chi connectivity index (χ3v) is 8.30. The Balaban J connectivity index is 2.05. The minimum atomic E-state index is -4.36. The highest BCUT2D eigenvalue weighted by atomic mass is 32.2. The van der Waals surface area contributed by atoms with Crippen molar-refractivity contribution in [3.8, 4) is 11.5 Å². The van der Waals surface area contributed by atoms with Crippen LogP contribution < -0.4 is 19.1 Å². The number of rotatable bonds is 13. The van der Waals surface area contributed by atoms with Crippen LogP contribution in [0.1, 0.15) is 31.4 Å². The number of benzene rings is 3. The van der Waals surface area contributed by atoms with Crippen LogP contribution in [0.2, 0.25) is 0 Å². The zero-order chi connectivity index (χ0) is 30.2. The van der Waals surface area contributed by atoms with Crippen molar-refractivity contribution in [1.82, 2.24) is 10.2 Å². The number of carbonyl (C=O) groups is 2. The van der Waals surface area contributed by atoms with E-state index in [1.165, 1.54) is 49.5 Å². The molecule has 0 aliphatic rings. The van der Waals surface area contributed by atoms with Crippen molar-refractivity contribution in [3.63, 3.8) is 0 Å². The predicted octanol–water partition coefficient (Wildman–Crippen LogP) is 4.29. The van der Waals surface area contributed by atoms with E-state index >= 15 is 0 Å². The van der Waals surface area contributed by atoms with Crippen molar-refractivity contribution in [2.24, 2.45) is 0 Å². The Bertz CT molecular complexity index is 1450. The number of amides is 2. The fraction of sp³-hybridized carbons (Fsp3) is 0.333. The van der Waals surface area contributed by atoms with E-state index in [2.05, 4.69) is 5.32 Å². The number of ether oxygens (including phenoxy) is 2. The van der Waals surface area contributed by atoms with Crippen molar-refractivity contribution in [2.75, 3.05) is 31.6 Å². The second kappa shape index (κ2) is 14.0. The molecule has 0 unspecified atom stereocenters. The van der Waals surface area contributed by atoms with Gasteiger partial charge in [-0.05, 0) is 62.2 Å². The number of aryl methyl sites for hydroxylation is 1. The molecule has 0 bridgehead atoms. The number of hydrogen-bond donors (Lipinski definition) is 1. The third-order valence-electron chi connectivity index (χ3n) is 6.53. The summed E-state index contributed by atoms with van der Waals surface area (Å²) in [5.74, 6) is -1.03. The molecule has 0 saturated heterocycles. The number of anilines is 1.